The summed E-state index contributed by atoms with van der Waals surface area (Å²) in [6.07, 6.45) is 6.87. The summed E-state index contributed by atoms with van der Waals surface area (Å²) < 4.78 is 1.80. The minimum atomic E-state index is -0.574. The number of aromatic nitrogens is 5. The molecular formula is C16H24N8O2. The molecule has 2 aromatic rings. The predicted molar refractivity (Wildman–Crippen MR) is 92.9 cm³/mol. The van der Waals surface area contributed by atoms with Gasteiger partial charge in [-0.05, 0) is 0 Å². The lowest BCUT2D eigenvalue weighted by Gasteiger charge is -2.36. The van der Waals surface area contributed by atoms with Crippen LogP contribution in [0.5, 0.6) is 0 Å². The first-order valence-corrected chi connectivity index (χ1v) is 8.69. The first-order chi connectivity index (χ1) is 12.6. The lowest BCUT2D eigenvalue weighted by atomic mass is 10.1. The third-order valence-corrected chi connectivity index (χ3v) is 4.45. The van der Waals surface area contributed by atoms with E-state index in [1.165, 1.54) is 13.3 Å². The van der Waals surface area contributed by atoms with Gasteiger partial charge in [0, 0.05) is 58.0 Å². The molecule has 0 aliphatic carbocycles. The Bertz CT molecular complexity index is 692. The summed E-state index contributed by atoms with van der Waals surface area (Å²) in [6, 6.07) is -0.574. The van der Waals surface area contributed by atoms with Gasteiger partial charge >= 0.3 is 0 Å². The van der Waals surface area contributed by atoms with E-state index in [-0.39, 0.29) is 11.8 Å². The Labute approximate surface area is 151 Å². The Morgan fingerprint density at radius 1 is 1.23 bits per heavy atom. The van der Waals surface area contributed by atoms with E-state index in [1.54, 1.807) is 23.5 Å². The van der Waals surface area contributed by atoms with Crippen molar-refractivity contribution in [1.29, 1.82) is 0 Å². The van der Waals surface area contributed by atoms with Gasteiger partial charge in [0.05, 0.1) is 12.9 Å². The maximum absolute atomic E-state index is 12.8. The molecule has 2 N–H and O–H groups in total. The lowest BCUT2D eigenvalue weighted by molar-refractivity contribution is -0.137. The van der Waals surface area contributed by atoms with Crippen molar-refractivity contribution in [1.82, 2.24) is 39.8 Å². The van der Waals surface area contributed by atoms with Crippen molar-refractivity contribution < 1.29 is 9.59 Å². The minimum absolute atomic E-state index is 0.0503. The van der Waals surface area contributed by atoms with Gasteiger partial charge in [0.25, 0.3) is 0 Å². The average molecular weight is 360 g/mol. The van der Waals surface area contributed by atoms with Gasteiger partial charge in [0.1, 0.15) is 18.7 Å². The molecule has 0 saturated carbocycles. The lowest BCUT2D eigenvalue weighted by Crippen LogP contribution is -2.55. The molecular weight excluding hydrogens is 336 g/mol. The predicted octanol–water partition coefficient (Wildman–Crippen LogP) is -1.11. The first kappa shape index (κ1) is 18.1. The number of carbonyl (C=O) groups excluding carboxylic acids is 2. The molecule has 2 amide bonds. The van der Waals surface area contributed by atoms with E-state index < -0.39 is 6.04 Å². The van der Waals surface area contributed by atoms with Crippen LogP contribution in [0.25, 0.3) is 0 Å². The number of carbonyl (C=O) groups is 2. The molecule has 1 atom stereocenters. The molecule has 0 bridgehead atoms. The quantitative estimate of drug-likeness (QED) is 0.648. The maximum Gasteiger partial charge on any atom is 0.245 e. The topological polar surface area (TPSA) is 112 Å². The number of imidazole rings is 1. The van der Waals surface area contributed by atoms with Crippen molar-refractivity contribution in [2.75, 3.05) is 32.7 Å². The molecule has 0 aromatic carbocycles. The van der Waals surface area contributed by atoms with Gasteiger partial charge in [0.15, 0.2) is 0 Å². The fraction of sp³-hybridized carbons (Fsp3) is 0.562. The molecule has 26 heavy (non-hydrogen) atoms. The Kier molecular flexibility index (Phi) is 5.95. The van der Waals surface area contributed by atoms with Crippen molar-refractivity contribution in [3.8, 4) is 0 Å². The van der Waals surface area contributed by atoms with E-state index in [4.69, 9.17) is 0 Å². The van der Waals surface area contributed by atoms with Crippen LogP contribution < -0.4 is 5.32 Å². The molecule has 1 fully saturated rings. The molecule has 0 radical (unpaired) electrons. The van der Waals surface area contributed by atoms with Crippen molar-refractivity contribution >= 4 is 11.8 Å². The van der Waals surface area contributed by atoms with Crippen LogP contribution in [-0.2, 0) is 22.6 Å². The summed E-state index contributed by atoms with van der Waals surface area (Å²) in [6.45, 7) is 5.98. The second-order valence-corrected chi connectivity index (χ2v) is 6.36. The van der Waals surface area contributed by atoms with E-state index in [9.17, 15) is 9.59 Å². The van der Waals surface area contributed by atoms with E-state index in [2.05, 4.69) is 30.3 Å². The van der Waals surface area contributed by atoms with Crippen molar-refractivity contribution in [3.63, 3.8) is 0 Å². The first-order valence-electron chi connectivity index (χ1n) is 8.69. The zero-order valence-electron chi connectivity index (χ0n) is 14.8. The van der Waals surface area contributed by atoms with Crippen LogP contribution in [0.15, 0.2) is 25.2 Å². The molecule has 0 unspecified atom stereocenters. The van der Waals surface area contributed by atoms with Crippen molar-refractivity contribution in [3.05, 3.63) is 30.9 Å². The number of nitrogens with one attached hydrogen (secondary N) is 2. The number of amides is 2. The van der Waals surface area contributed by atoms with E-state index in [0.717, 1.165) is 31.9 Å². The molecule has 10 heteroatoms. The third-order valence-electron chi connectivity index (χ3n) is 4.45. The molecule has 1 aliphatic rings. The van der Waals surface area contributed by atoms with Gasteiger partial charge in [-0.15, -0.1) is 0 Å². The smallest absolute Gasteiger partial charge is 0.245 e. The van der Waals surface area contributed by atoms with Gasteiger partial charge in [-0.1, -0.05) is 0 Å². The fourth-order valence-corrected chi connectivity index (χ4v) is 3.07. The summed E-state index contributed by atoms with van der Waals surface area (Å²) in [5, 5.41) is 6.86. The average Bonchev–Trinajstić information content (AvgIpc) is 3.33. The normalized spacial score (nSPS) is 16.4. The monoisotopic (exact) mass is 360 g/mol. The Morgan fingerprint density at radius 3 is 2.65 bits per heavy atom. The molecule has 1 aliphatic heterocycles. The van der Waals surface area contributed by atoms with Crippen LogP contribution >= 0.6 is 0 Å². The minimum Gasteiger partial charge on any atom is -0.348 e. The summed E-state index contributed by atoms with van der Waals surface area (Å²) >= 11 is 0. The Hall–Kier alpha value is -2.75. The van der Waals surface area contributed by atoms with Gasteiger partial charge in [-0.3, -0.25) is 19.2 Å². The van der Waals surface area contributed by atoms with Crippen molar-refractivity contribution in [2.45, 2.75) is 25.9 Å². The zero-order valence-corrected chi connectivity index (χ0v) is 14.8. The Balaban J connectivity index is 1.50. The highest BCUT2D eigenvalue weighted by Crippen LogP contribution is 2.08. The maximum atomic E-state index is 12.8. The van der Waals surface area contributed by atoms with Crippen LogP contribution in [0.3, 0.4) is 0 Å². The zero-order chi connectivity index (χ0) is 18.4. The summed E-state index contributed by atoms with van der Waals surface area (Å²) in [4.78, 5) is 39.3. The van der Waals surface area contributed by atoms with Crippen molar-refractivity contribution in [2.24, 2.45) is 0 Å². The number of hydrogen-bond donors (Lipinski definition) is 2. The second kappa shape index (κ2) is 8.56. The Morgan fingerprint density at radius 2 is 2.04 bits per heavy atom. The number of hydrogen-bond acceptors (Lipinski definition) is 6. The van der Waals surface area contributed by atoms with Crippen LogP contribution in [0, 0.1) is 0 Å². The summed E-state index contributed by atoms with van der Waals surface area (Å²) in [5.41, 5.74) is 0.823. The number of H-pyrrole nitrogens is 1. The molecule has 3 rings (SSSR count). The number of aromatic amines is 1. The molecule has 2 aromatic heterocycles. The van der Waals surface area contributed by atoms with Gasteiger partial charge in [-0.2, -0.15) is 5.10 Å². The van der Waals surface area contributed by atoms with Gasteiger partial charge in [0.2, 0.25) is 11.8 Å². The highest BCUT2D eigenvalue weighted by molar-refractivity contribution is 5.87. The van der Waals surface area contributed by atoms with E-state index in [1.807, 2.05) is 4.90 Å². The highest BCUT2D eigenvalue weighted by Gasteiger charge is 2.28. The van der Waals surface area contributed by atoms with Gasteiger partial charge in [-0.25, -0.2) is 9.97 Å². The van der Waals surface area contributed by atoms with Crippen LogP contribution in [0.1, 0.15) is 12.6 Å². The summed E-state index contributed by atoms with van der Waals surface area (Å²) in [5.74, 6) is -0.264. The van der Waals surface area contributed by atoms with Gasteiger partial charge < -0.3 is 15.2 Å². The molecule has 3 heterocycles. The largest absolute Gasteiger partial charge is 0.348 e. The fourth-order valence-electron chi connectivity index (χ4n) is 3.07. The third kappa shape index (κ3) is 4.88. The molecule has 1 saturated heterocycles. The van der Waals surface area contributed by atoms with E-state index >= 15 is 0 Å². The van der Waals surface area contributed by atoms with Crippen LogP contribution in [0.2, 0.25) is 0 Å². The van der Waals surface area contributed by atoms with Crippen LogP contribution in [-0.4, -0.2) is 85.1 Å². The molecule has 0 spiro atoms. The standard InChI is InChI=1S/C16H24N8O2/c1-13(25)21-15(8-14-9-17-10-19-14)16(26)23-5-2-22(3-6-23)4-7-24-12-18-11-20-24/h9-12,15H,2-8H2,1H3,(H,17,19)(H,21,25)/t15-/m0/s1. The second-order valence-electron chi connectivity index (χ2n) is 6.36. The highest BCUT2D eigenvalue weighted by atomic mass is 16.2. The number of nitrogens with zero attached hydrogens (tertiary/aromatic N) is 6. The number of rotatable bonds is 7. The molecule has 10 nitrogen and oxygen atoms in total. The van der Waals surface area contributed by atoms with Crippen LogP contribution in [0.4, 0.5) is 0 Å². The number of piperazine rings is 1. The SMILES string of the molecule is CC(=O)N[C@@H](Cc1cnc[nH]1)C(=O)N1CCN(CCn2cncn2)CC1. The van der Waals surface area contributed by atoms with E-state index in [0.29, 0.717) is 19.5 Å². The molecule has 140 valence electrons. The summed E-state index contributed by atoms with van der Waals surface area (Å²) in [7, 11) is 0.